The average molecular weight is 390 g/mol. The fourth-order valence-corrected chi connectivity index (χ4v) is 3.76. The van der Waals surface area contributed by atoms with Crippen molar-refractivity contribution in [3.63, 3.8) is 0 Å². The molecule has 2 aromatic carbocycles. The lowest BCUT2D eigenvalue weighted by Crippen LogP contribution is -2.40. The van der Waals surface area contributed by atoms with E-state index in [4.69, 9.17) is 9.15 Å². The highest BCUT2D eigenvalue weighted by atomic mass is 16.6. The Balaban J connectivity index is 1.33. The predicted molar refractivity (Wildman–Crippen MR) is 111 cm³/mol. The quantitative estimate of drug-likeness (QED) is 0.659. The van der Waals surface area contributed by atoms with Crippen molar-refractivity contribution in [1.82, 2.24) is 10.2 Å². The molecule has 29 heavy (non-hydrogen) atoms. The summed E-state index contributed by atoms with van der Waals surface area (Å²) in [6, 6.07) is 23.6. The van der Waals surface area contributed by atoms with Gasteiger partial charge in [-0.05, 0) is 36.1 Å². The summed E-state index contributed by atoms with van der Waals surface area (Å²) in [6.45, 7) is 2.58. The molecule has 1 N–H and O–H groups in total. The molecule has 5 nitrogen and oxygen atoms in total. The summed E-state index contributed by atoms with van der Waals surface area (Å²) in [7, 11) is 0. The normalized spacial score (nSPS) is 15.3. The molecule has 150 valence electrons. The van der Waals surface area contributed by atoms with Gasteiger partial charge >= 0.3 is 6.09 Å². The van der Waals surface area contributed by atoms with Crippen LogP contribution in [0, 0.1) is 0 Å². The van der Waals surface area contributed by atoms with Gasteiger partial charge in [0.1, 0.15) is 11.9 Å². The molecule has 0 spiro atoms. The van der Waals surface area contributed by atoms with E-state index in [-0.39, 0.29) is 18.2 Å². The van der Waals surface area contributed by atoms with Gasteiger partial charge in [0.05, 0.1) is 18.8 Å². The van der Waals surface area contributed by atoms with Crippen LogP contribution in [0.3, 0.4) is 0 Å². The van der Waals surface area contributed by atoms with E-state index >= 15 is 0 Å². The van der Waals surface area contributed by atoms with Crippen LogP contribution in [-0.2, 0) is 11.3 Å². The Morgan fingerprint density at radius 1 is 0.966 bits per heavy atom. The van der Waals surface area contributed by atoms with Crippen molar-refractivity contribution in [1.29, 1.82) is 0 Å². The van der Waals surface area contributed by atoms with E-state index in [0.29, 0.717) is 0 Å². The van der Waals surface area contributed by atoms with Crippen LogP contribution in [0.1, 0.15) is 35.8 Å². The molecular weight excluding hydrogens is 364 g/mol. The van der Waals surface area contributed by atoms with Crippen LogP contribution in [0.25, 0.3) is 0 Å². The molecule has 2 heterocycles. The summed E-state index contributed by atoms with van der Waals surface area (Å²) in [5.74, 6) is 0.968. The maximum Gasteiger partial charge on any atom is 0.408 e. The molecule has 4 rings (SSSR count). The lowest BCUT2D eigenvalue weighted by atomic mass is 9.99. The molecule has 0 aliphatic carbocycles. The molecule has 1 amide bonds. The Hall–Kier alpha value is -3.05. The molecule has 1 aliphatic heterocycles. The van der Waals surface area contributed by atoms with Crippen LogP contribution >= 0.6 is 0 Å². The monoisotopic (exact) mass is 390 g/mol. The van der Waals surface area contributed by atoms with Gasteiger partial charge in [-0.3, -0.25) is 4.90 Å². The Kier molecular flexibility index (Phi) is 6.27. The second-order valence-corrected chi connectivity index (χ2v) is 7.36. The van der Waals surface area contributed by atoms with Gasteiger partial charge in [-0.2, -0.15) is 0 Å². The molecular formula is C24H26N2O3. The lowest BCUT2D eigenvalue weighted by molar-refractivity contribution is 0.0459. The summed E-state index contributed by atoms with van der Waals surface area (Å²) in [5.41, 5.74) is 2.06. The van der Waals surface area contributed by atoms with E-state index < -0.39 is 0 Å². The Labute approximate surface area is 171 Å². The van der Waals surface area contributed by atoms with E-state index in [1.165, 1.54) is 0 Å². The first-order chi connectivity index (χ1) is 14.3. The number of piperidine rings is 1. The van der Waals surface area contributed by atoms with E-state index in [2.05, 4.69) is 10.2 Å². The zero-order chi connectivity index (χ0) is 19.9. The maximum absolute atomic E-state index is 12.6. The highest BCUT2D eigenvalue weighted by Crippen LogP contribution is 2.23. The van der Waals surface area contributed by atoms with Crippen molar-refractivity contribution >= 4 is 6.09 Å². The van der Waals surface area contributed by atoms with Crippen molar-refractivity contribution in [2.75, 3.05) is 13.1 Å². The Morgan fingerprint density at radius 2 is 1.59 bits per heavy atom. The predicted octanol–water partition coefficient (Wildman–Crippen LogP) is 4.76. The number of nitrogens with one attached hydrogen (secondary N) is 1. The first kappa shape index (κ1) is 19.3. The van der Waals surface area contributed by atoms with E-state index in [1.54, 1.807) is 6.26 Å². The third-order valence-electron chi connectivity index (χ3n) is 5.30. The fraction of sp³-hybridized carbons (Fsp3) is 0.292. The van der Waals surface area contributed by atoms with Crippen LogP contribution in [0.5, 0.6) is 0 Å². The number of benzene rings is 2. The van der Waals surface area contributed by atoms with Gasteiger partial charge in [0.25, 0.3) is 0 Å². The van der Waals surface area contributed by atoms with Gasteiger partial charge in [-0.15, -0.1) is 0 Å². The van der Waals surface area contributed by atoms with Gasteiger partial charge in [0, 0.05) is 13.1 Å². The van der Waals surface area contributed by atoms with Crippen LogP contribution in [0.4, 0.5) is 4.79 Å². The molecule has 1 aliphatic rings. The van der Waals surface area contributed by atoms with E-state index in [0.717, 1.165) is 49.4 Å². The topological polar surface area (TPSA) is 54.7 Å². The fourth-order valence-electron chi connectivity index (χ4n) is 3.76. The number of carbonyl (C=O) groups is 1. The Morgan fingerprint density at radius 3 is 2.14 bits per heavy atom. The number of hydrogen-bond acceptors (Lipinski definition) is 4. The zero-order valence-corrected chi connectivity index (χ0v) is 16.4. The summed E-state index contributed by atoms with van der Waals surface area (Å²) in [4.78, 5) is 15.0. The van der Waals surface area contributed by atoms with Gasteiger partial charge in [-0.1, -0.05) is 60.7 Å². The molecule has 5 heteroatoms. The minimum atomic E-state index is -0.368. The van der Waals surface area contributed by atoms with E-state index in [1.807, 2.05) is 72.8 Å². The van der Waals surface area contributed by atoms with Crippen molar-refractivity contribution in [3.05, 3.63) is 95.9 Å². The van der Waals surface area contributed by atoms with E-state index in [9.17, 15) is 4.79 Å². The highest BCUT2D eigenvalue weighted by Gasteiger charge is 2.24. The Bertz CT molecular complexity index is 834. The molecule has 3 aromatic rings. The summed E-state index contributed by atoms with van der Waals surface area (Å²) >= 11 is 0. The number of carbonyl (C=O) groups excluding carboxylic acids is 1. The van der Waals surface area contributed by atoms with Crippen molar-refractivity contribution < 1.29 is 13.9 Å². The second-order valence-electron chi connectivity index (χ2n) is 7.36. The van der Waals surface area contributed by atoms with Crippen molar-refractivity contribution in [3.8, 4) is 0 Å². The van der Waals surface area contributed by atoms with Gasteiger partial charge in [0.15, 0.2) is 0 Å². The average Bonchev–Trinajstić information content (AvgIpc) is 3.28. The van der Waals surface area contributed by atoms with Crippen LogP contribution < -0.4 is 5.32 Å². The van der Waals surface area contributed by atoms with Crippen LogP contribution in [0.15, 0.2) is 83.5 Å². The number of nitrogens with zero attached hydrogens (tertiary/aromatic N) is 1. The standard InChI is InChI=1S/C24H26N2O3/c27-24(29-21-13-15-26(16-14-21)18-22-12-7-17-28-22)25-23(19-8-3-1-4-9-19)20-10-5-2-6-11-20/h1-12,17,21,23H,13-16,18H2,(H,25,27). The SMILES string of the molecule is O=C(NC(c1ccccc1)c1ccccc1)OC1CCN(Cc2ccco2)CC1. The number of rotatable bonds is 6. The number of amides is 1. The number of alkyl carbamates (subject to hydrolysis) is 1. The molecule has 1 aromatic heterocycles. The largest absolute Gasteiger partial charge is 0.468 e. The first-order valence-electron chi connectivity index (χ1n) is 10.1. The highest BCUT2D eigenvalue weighted by molar-refractivity contribution is 5.69. The van der Waals surface area contributed by atoms with Crippen molar-refractivity contribution in [2.45, 2.75) is 31.5 Å². The summed E-state index contributed by atoms with van der Waals surface area (Å²) in [6.07, 6.45) is 2.93. The molecule has 0 unspecified atom stereocenters. The molecule has 1 fully saturated rings. The third-order valence-corrected chi connectivity index (χ3v) is 5.30. The second kappa shape index (κ2) is 9.43. The van der Waals surface area contributed by atoms with Gasteiger partial charge < -0.3 is 14.5 Å². The summed E-state index contributed by atoms with van der Waals surface area (Å²) < 4.78 is 11.2. The molecule has 0 atom stereocenters. The van der Waals surface area contributed by atoms with Crippen LogP contribution in [-0.4, -0.2) is 30.2 Å². The zero-order valence-electron chi connectivity index (χ0n) is 16.4. The number of hydrogen-bond donors (Lipinski definition) is 1. The molecule has 0 radical (unpaired) electrons. The smallest absolute Gasteiger partial charge is 0.408 e. The molecule has 1 saturated heterocycles. The van der Waals surface area contributed by atoms with Gasteiger partial charge in [-0.25, -0.2) is 4.79 Å². The minimum Gasteiger partial charge on any atom is -0.468 e. The lowest BCUT2D eigenvalue weighted by Gasteiger charge is -2.31. The molecule has 0 bridgehead atoms. The third kappa shape index (κ3) is 5.27. The van der Waals surface area contributed by atoms with Crippen molar-refractivity contribution in [2.24, 2.45) is 0 Å². The first-order valence-corrected chi connectivity index (χ1v) is 10.1. The number of likely N-dealkylation sites (tertiary alicyclic amines) is 1. The molecule has 0 saturated carbocycles. The van der Waals surface area contributed by atoms with Gasteiger partial charge in [0.2, 0.25) is 0 Å². The van der Waals surface area contributed by atoms with Crippen LogP contribution in [0.2, 0.25) is 0 Å². The maximum atomic E-state index is 12.6. The summed E-state index contributed by atoms with van der Waals surface area (Å²) in [5, 5.41) is 3.05. The number of furan rings is 1. The minimum absolute atomic E-state index is 0.0601. The number of ether oxygens (including phenoxy) is 1.